The van der Waals surface area contributed by atoms with Crippen LogP contribution in [-0.2, 0) is 6.42 Å². The Morgan fingerprint density at radius 3 is 2.85 bits per heavy atom. The molecule has 1 aromatic carbocycles. The lowest BCUT2D eigenvalue weighted by Gasteiger charge is -2.03. The van der Waals surface area contributed by atoms with Crippen molar-refractivity contribution in [3.05, 3.63) is 46.5 Å². The van der Waals surface area contributed by atoms with Gasteiger partial charge in [-0.3, -0.25) is 0 Å². The lowest BCUT2D eigenvalue weighted by Crippen LogP contribution is -2.04. The Balaban J connectivity index is 2.47. The number of carbonyl (C=O) groups is 1. The quantitative estimate of drug-likeness (QED) is 0.888. The lowest BCUT2D eigenvalue weighted by molar-refractivity contribution is 0.0688. The summed E-state index contributed by atoms with van der Waals surface area (Å²) in [6.07, 6.45) is 2.19. The summed E-state index contributed by atoms with van der Waals surface area (Å²) in [6.45, 7) is -0.0598. The van der Waals surface area contributed by atoms with Crippen LogP contribution in [0.25, 0.3) is 5.69 Å². The van der Waals surface area contributed by atoms with E-state index in [-0.39, 0.29) is 18.0 Å². The minimum atomic E-state index is -1.20. The van der Waals surface area contributed by atoms with Gasteiger partial charge in [0.05, 0.1) is 0 Å². The number of nitrogens with zero attached hydrogens (tertiary/aromatic N) is 2. The number of aliphatic hydroxyl groups is 1. The molecule has 2 N–H and O–H groups in total. The first-order valence-electron chi connectivity index (χ1n) is 5.91. The maximum atomic E-state index is 13.7. The topological polar surface area (TPSA) is 75.3 Å². The van der Waals surface area contributed by atoms with Gasteiger partial charge in [-0.2, -0.15) is 5.10 Å². The van der Waals surface area contributed by atoms with Crippen molar-refractivity contribution < 1.29 is 19.4 Å². The van der Waals surface area contributed by atoms with Crippen LogP contribution in [0.15, 0.2) is 24.4 Å². The van der Waals surface area contributed by atoms with Gasteiger partial charge in [0.1, 0.15) is 11.5 Å². The summed E-state index contributed by atoms with van der Waals surface area (Å²) in [5.41, 5.74) is 0.360. The van der Waals surface area contributed by atoms with E-state index in [4.69, 9.17) is 21.8 Å². The number of aliphatic hydroxyl groups excluding tert-OH is 1. The number of aryl methyl sites for hydroxylation is 1. The van der Waals surface area contributed by atoms with E-state index < -0.39 is 11.8 Å². The van der Waals surface area contributed by atoms with Crippen LogP contribution < -0.4 is 0 Å². The van der Waals surface area contributed by atoms with Crippen molar-refractivity contribution in [2.75, 3.05) is 6.61 Å². The Bertz CT molecular complexity index is 643. The van der Waals surface area contributed by atoms with E-state index in [1.165, 1.54) is 24.4 Å². The van der Waals surface area contributed by atoms with Crippen molar-refractivity contribution in [1.29, 1.82) is 0 Å². The molecule has 106 valence electrons. The fourth-order valence-corrected chi connectivity index (χ4v) is 1.99. The molecule has 0 fully saturated rings. The van der Waals surface area contributed by atoms with Crippen LogP contribution in [0.1, 0.15) is 22.5 Å². The molecular formula is C13H12ClFN2O3. The molecule has 7 heteroatoms. The highest BCUT2D eigenvalue weighted by molar-refractivity contribution is 6.30. The van der Waals surface area contributed by atoms with Gasteiger partial charge in [0.15, 0.2) is 5.69 Å². The molecule has 2 rings (SSSR count). The Morgan fingerprint density at radius 2 is 2.20 bits per heavy atom. The zero-order valence-electron chi connectivity index (χ0n) is 10.4. The molecule has 0 amide bonds. The van der Waals surface area contributed by atoms with E-state index in [1.807, 2.05) is 0 Å². The highest BCUT2D eigenvalue weighted by Gasteiger charge is 2.17. The number of aromatic carboxylic acids is 1. The zero-order valence-corrected chi connectivity index (χ0v) is 11.1. The monoisotopic (exact) mass is 298 g/mol. The predicted octanol–water partition coefficient (Wildman–Crippen LogP) is 2.29. The first-order chi connectivity index (χ1) is 9.52. The maximum Gasteiger partial charge on any atom is 0.356 e. The van der Waals surface area contributed by atoms with Crippen molar-refractivity contribution in [3.8, 4) is 5.69 Å². The van der Waals surface area contributed by atoms with Crippen molar-refractivity contribution in [2.24, 2.45) is 0 Å². The molecule has 0 aliphatic heterocycles. The number of carboxylic acids is 1. The third kappa shape index (κ3) is 2.97. The highest BCUT2D eigenvalue weighted by Crippen LogP contribution is 2.20. The smallest absolute Gasteiger partial charge is 0.356 e. The molecule has 0 aliphatic rings. The van der Waals surface area contributed by atoms with Crippen LogP contribution in [-0.4, -0.2) is 32.6 Å². The summed E-state index contributed by atoms with van der Waals surface area (Å²) < 4.78 is 14.9. The summed E-state index contributed by atoms with van der Waals surface area (Å²) in [5.74, 6) is -1.75. The zero-order chi connectivity index (χ0) is 14.7. The summed E-state index contributed by atoms with van der Waals surface area (Å²) in [5, 5.41) is 22.1. The molecule has 0 aliphatic carbocycles. The third-order valence-electron chi connectivity index (χ3n) is 2.75. The number of benzene rings is 1. The van der Waals surface area contributed by atoms with Crippen LogP contribution in [0.5, 0.6) is 0 Å². The van der Waals surface area contributed by atoms with Crippen molar-refractivity contribution >= 4 is 17.6 Å². The number of hydrogen-bond acceptors (Lipinski definition) is 3. The molecule has 0 saturated carbocycles. The number of aromatic nitrogens is 2. The van der Waals surface area contributed by atoms with Crippen LogP contribution in [0.2, 0.25) is 5.02 Å². The molecule has 1 heterocycles. The second-order valence-corrected chi connectivity index (χ2v) is 4.61. The minimum absolute atomic E-state index is 0.0598. The van der Waals surface area contributed by atoms with Gasteiger partial charge in [-0.05, 0) is 31.0 Å². The van der Waals surface area contributed by atoms with E-state index in [9.17, 15) is 9.18 Å². The molecule has 5 nitrogen and oxygen atoms in total. The summed E-state index contributed by atoms with van der Waals surface area (Å²) in [6, 6.07) is 3.95. The van der Waals surface area contributed by atoms with Crippen molar-refractivity contribution in [3.63, 3.8) is 0 Å². The molecule has 2 aromatic rings. The molecule has 0 unspecified atom stereocenters. The van der Waals surface area contributed by atoms with Crippen LogP contribution in [0, 0.1) is 5.82 Å². The molecule has 0 spiro atoms. The highest BCUT2D eigenvalue weighted by atomic mass is 35.5. The first kappa shape index (κ1) is 14.5. The molecule has 20 heavy (non-hydrogen) atoms. The second-order valence-electron chi connectivity index (χ2n) is 4.18. The van der Waals surface area contributed by atoms with Gasteiger partial charge >= 0.3 is 5.97 Å². The van der Waals surface area contributed by atoms with Gasteiger partial charge in [0, 0.05) is 23.4 Å². The Kier molecular flexibility index (Phi) is 4.36. The average Bonchev–Trinajstić information content (AvgIpc) is 2.83. The Morgan fingerprint density at radius 1 is 1.45 bits per heavy atom. The third-order valence-corrected chi connectivity index (χ3v) is 2.99. The second kappa shape index (κ2) is 6.02. The minimum Gasteiger partial charge on any atom is -0.476 e. The van der Waals surface area contributed by atoms with Gasteiger partial charge in [-0.1, -0.05) is 11.6 Å². The number of carboxylic acid groups (broad SMARTS) is 1. The average molecular weight is 299 g/mol. The summed E-state index contributed by atoms with van der Waals surface area (Å²) in [7, 11) is 0. The molecule has 0 bridgehead atoms. The Labute approximate surface area is 119 Å². The van der Waals surface area contributed by atoms with E-state index in [0.717, 1.165) is 4.68 Å². The largest absolute Gasteiger partial charge is 0.476 e. The van der Waals surface area contributed by atoms with Gasteiger partial charge in [-0.25, -0.2) is 13.9 Å². The fraction of sp³-hybridized carbons (Fsp3) is 0.231. The van der Waals surface area contributed by atoms with E-state index in [2.05, 4.69) is 5.10 Å². The normalized spacial score (nSPS) is 10.8. The van der Waals surface area contributed by atoms with Crippen LogP contribution >= 0.6 is 11.6 Å². The van der Waals surface area contributed by atoms with Crippen molar-refractivity contribution in [1.82, 2.24) is 9.78 Å². The standard InChI is InChI=1S/C13H12ClFN2O3/c14-9-3-4-10(15)11(6-9)17-7-8(2-1-5-18)12(16-17)13(19)20/h3-4,6-7,18H,1-2,5H2,(H,19,20). The van der Waals surface area contributed by atoms with Gasteiger partial charge < -0.3 is 10.2 Å². The molecular weight excluding hydrogens is 287 g/mol. The van der Waals surface area contributed by atoms with Gasteiger partial charge in [0.25, 0.3) is 0 Å². The number of halogens is 2. The van der Waals surface area contributed by atoms with E-state index in [1.54, 1.807) is 0 Å². The first-order valence-corrected chi connectivity index (χ1v) is 6.29. The van der Waals surface area contributed by atoms with Gasteiger partial charge in [-0.15, -0.1) is 0 Å². The molecule has 0 radical (unpaired) electrons. The maximum absolute atomic E-state index is 13.7. The van der Waals surface area contributed by atoms with E-state index in [0.29, 0.717) is 23.4 Å². The van der Waals surface area contributed by atoms with Crippen LogP contribution in [0.4, 0.5) is 4.39 Å². The molecule has 1 aromatic heterocycles. The Hall–Kier alpha value is -1.92. The van der Waals surface area contributed by atoms with Crippen molar-refractivity contribution in [2.45, 2.75) is 12.8 Å². The predicted molar refractivity (Wildman–Crippen MR) is 70.9 cm³/mol. The van der Waals surface area contributed by atoms with E-state index >= 15 is 0 Å². The van der Waals surface area contributed by atoms with Crippen LogP contribution in [0.3, 0.4) is 0 Å². The number of hydrogen-bond donors (Lipinski definition) is 2. The molecule has 0 saturated heterocycles. The lowest BCUT2D eigenvalue weighted by atomic mass is 10.1. The van der Waals surface area contributed by atoms with Gasteiger partial charge in [0.2, 0.25) is 0 Å². The fourth-order valence-electron chi connectivity index (χ4n) is 1.83. The SMILES string of the molecule is O=C(O)c1nn(-c2cc(Cl)ccc2F)cc1CCCO. The molecule has 0 atom stereocenters. The summed E-state index contributed by atoms with van der Waals surface area (Å²) >= 11 is 5.80. The summed E-state index contributed by atoms with van der Waals surface area (Å²) in [4.78, 5) is 11.1. The number of rotatable bonds is 5.